The molecule has 0 saturated carbocycles. The molecule has 4 nitrogen and oxygen atoms in total. The Morgan fingerprint density at radius 1 is 0.467 bits per heavy atom. The Morgan fingerprint density at radius 2 is 1.11 bits per heavy atom. The molecular formula is C41H26N4. The number of hydrogen-bond donors (Lipinski definition) is 0. The van der Waals surface area contributed by atoms with Crippen LogP contribution in [0.4, 0.5) is 0 Å². The molecule has 0 bridgehead atoms. The van der Waals surface area contributed by atoms with Gasteiger partial charge in [-0.25, -0.2) is 9.97 Å². The molecule has 0 saturated heterocycles. The first-order valence-electron chi connectivity index (χ1n) is 15.4. The maximum atomic E-state index is 4.95. The molecule has 1 aliphatic rings. The van der Waals surface area contributed by atoms with Crippen molar-refractivity contribution in [3.8, 4) is 33.8 Å². The number of benzene rings is 6. The fourth-order valence-electron chi connectivity index (χ4n) is 7.48. The molecule has 0 aliphatic heterocycles. The summed E-state index contributed by atoms with van der Waals surface area (Å²) in [6, 6.07) is 50.4. The van der Waals surface area contributed by atoms with Crippen molar-refractivity contribution in [3.05, 3.63) is 157 Å². The molecule has 210 valence electrons. The van der Waals surface area contributed by atoms with Crippen LogP contribution in [0.1, 0.15) is 11.3 Å². The van der Waals surface area contributed by atoms with Crippen LogP contribution in [0.25, 0.3) is 77.4 Å². The molecule has 0 spiro atoms. The molecule has 0 radical (unpaired) electrons. The molecule has 3 heterocycles. The quantitative estimate of drug-likeness (QED) is 0.211. The van der Waals surface area contributed by atoms with Crippen LogP contribution in [0.3, 0.4) is 0 Å². The van der Waals surface area contributed by atoms with Gasteiger partial charge in [0.2, 0.25) is 0 Å². The molecule has 1 aliphatic carbocycles. The predicted molar refractivity (Wildman–Crippen MR) is 184 cm³/mol. The lowest BCUT2D eigenvalue weighted by atomic mass is 10.0. The SMILES string of the molecule is c1ccc(-n2c3ccccc3c3cc(-c4ccc5c6ccccc6n(-c6ncnc7c6-c6ccccc6C7)c5c4)ccc32)cc1. The van der Waals surface area contributed by atoms with Crippen LogP contribution < -0.4 is 0 Å². The summed E-state index contributed by atoms with van der Waals surface area (Å²) in [7, 11) is 0. The van der Waals surface area contributed by atoms with Crippen molar-refractivity contribution < 1.29 is 0 Å². The predicted octanol–water partition coefficient (Wildman–Crippen LogP) is 9.91. The van der Waals surface area contributed by atoms with Crippen LogP contribution in [0.5, 0.6) is 0 Å². The third kappa shape index (κ3) is 3.48. The molecule has 9 aromatic rings. The van der Waals surface area contributed by atoms with E-state index in [1.165, 1.54) is 60.5 Å². The minimum Gasteiger partial charge on any atom is -0.309 e. The second-order valence-corrected chi connectivity index (χ2v) is 11.9. The molecule has 10 rings (SSSR count). The molecule has 0 unspecified atom stereocenters. The second-order valence-electron chi connectivity index (χ2n) is 11.9. The van der Waals surface area contributed by atoms with Crippen LogP contribution in [0, 0.1) is 0 Å². The van der Waals surface area contributed by atoms with E-state index in [9.17, 15) is 0 Å². The first-order valence-corrected chi connectivity index (χ1v) is 15.4. The maximum absolute atomic E-state index is 4.95. The van der Waals surface area contributed by atoms with E-state index >= 15 is 0 Å². The lowest BCUT2D eigenvalue weighted by Crippen LogP contribution is -2.02. The highest BCUT2D eigenvalue weighted by molar-refractivity contribution is 6.12. The van der Waals surface area contributed by atoms with Gasteiger partial charge in [0.15, 0.2) is 0 Å². The zero-order chi connectivity index (χ0) is 29.5. The first kappa shape index (κ1) is 24.4. The minimum atomic E-state index is 0.833. The Kier molecular flexibility index (Phi) is 5.02. The summed E-state index contributed by atoms with van der Waals surface area (Å²) in [4.78, 5) is 9.67. The highest BCUT2D eigenvalue weighted by Gasteiger charge is 2.26. The largest absolute Gasteiger partial charge is 0.309 e. The summed E-state index contributed by atoms with van der Waals surface area (Å²) in [6.45, 7) is 0. The minimum absolute atomic E-state index is 0.833. The zero-order valence-corrected chi connectivity index (χ0v) is 24.4. The van der Waals surface area contributed by atoms with E-state index in [1.54, 1.807) is 6.33 Å². The highest BCUT2D eigenvalue weighted by Crippen LogP contribution is 2.42. The Morgan fingerprint density at radius 3 is 1.98 bits per heavy atom. The Balaban J connectivity index is 1.22. The smallest absolute Gasteiger partial charge is 0.149 e. The van der Waals surface area contributed by atoms with Gasteiger partial charge in [-0.05, 0) is 64.7 Å². The van der Waals surface area contributed by atoms with Crippen LogP contribution in [-0.2, 0) is 6.42 Å². The molecule has 45 heavy (non-hydrogen) atoms. The van der Waals surface area contributed by atoms with Gasteiger partial charge in [-0.1, -0.05) is 97.1 Å². The molecule has 6 aromatic carbocycles. The fourth-order valence-corrected chi connectivity index (χ4v) is 7.48. The number of para-hydroxylation sites is 3. The van der Waals surface area contributed by atoms with E-state index in [4.69, 9.17) is 9.97 Å². The van der Waals surface area contributed by atoms with E-state index in [1.807, 2.05) is 0 Å². The van der Waals surface area contributed by atoms with E-state index in [0.717, 1.165) is 34.5 Å². The average molecular weight is 575 g/mol. The summed E-state index contributed by atoms with van der Waals surface area (Å²) >= 11 is 0. The summed E-state index contributed by atoms with van der Waals surface area (Å²) in [5, 5.41) is 4.94. The molecule has 0 atom stereocenters. The number of fused-ring (bicyclic) bond motifs is 9. The van der Waals surface area contributed by atoms with Gasteiger partial charge in [0.05, 0.1) is 27.8 Å². The summed E-state index contributed by atoms with van der Waals surface area (Å²) in [5.41, 5.74) is 13.0. The van der Waals surface area contributed by atoms with Crippen LogP contribution in [0.15, 0.2) is 146 Å². The molecule has 3 aromatic heterocycles. The molecule has 0 fully saturated rings. The molecular weight excluding hydrogens is 548 g/mol. The second kappa shape index (κ2) is 9.25. The lowest BCUT2D eigenvalue weighted by Gasteiger charge is -2.13. The third-order valence-electron chi connectivity index (χ3n) is 9.46. The molecule has 4 heteroatoms. The molecule has 0 amide bonds. The van der Waals surface area contributed by atoms with Crippen molar-refractivity contribution in [2.24, 2.45) is 0 Å². The fraction of sp³-hybridized carbons (Fsp3) is 0.0244. The van der Waals surface area contributed by atoms with Gasteiger partial charge in [0, 0.05) is 39.2 Å². The van der Waals surface area contributed by atoms with Gasteiger partial charge in [0.1, 0.15) is 12.1 Å². The summed E-state index contributed by atoms with van der Waals surface area (Å²) in [6.07, 6.45) is 2.56. The van der Waals surface area contributed by atoms with Crippen molar-refractivity contribution in [2.45, 2.75) is 6.42 Å². The van der Waals surface area contributed by atoms with Crippen LogP contribution in [-0.4, -0.2) is 19.1 Å². The van der Waals surface area contributed by atoms with Crippen LogP contribution >= 0.6 is 0 Å². The van der Waals surface area contributed by atoms with Gasteiger partial charge < -0.3 is 4.57 Å². The van der Waals surface area contributed by atoms with E-state index in [-0.39, 0.29) is 0 Å². The van der Waals surface area contributed by atoms with E-state index < -0.39 is 0 Å². The van der Waals surface area contributed by atoms with Crippen molar-refractivity contribution in [1.29, 1.82) is 0 Å². The Bertz CT molecular complexity index is 2620. The number of hydrogen-bond acceptors (Lipinski definition) is 2. The number of aromatic nitrogens is 4. The van der Waals surface area contributed by atoms with Crippen LogP contribution in [0.2, 0.25) is 0 Å². The van der Waals surface area contributed by atoms with Crippen molar-refractivity contribution in [2.75, 3.05) is 0 Å². The third-order valence-corrected chi connectivity index (χ3v) is 9.46. The van der Waals surface area contributed by atoms with Gasteiger partial charge in [0.25, 0.3) is 0 Å². The zero-order valence-electron chi connectivity index (χ0n) is 24.4. The standard InChI is InChI=1S/C41H26N4/c1-2-11-29(12-3-1)44-36-16-8-7-15-32(36)34-22-26(19-21-38(34)44)27-18-20-33-31-14-6-9-17-37(31)45(39(33)24-27)41-40-30-13-5-4-10-28(30)23-35(40)42-25-43-41/h1-22,24-25H,23H2. The number of nitrogens with zero attached hydrogens (tertiary/aromatic N) is 4. The first-order chi connectivity index (χ1) is 22.3. The van der Waals surface area contributed by atoms with Gasteiger partial charge in [-0.2, -0.15) is 0 Å². The molecule has 0 N–H and O–H groups in total. The van der Waals surface area contributed by atoms with Crippen molar-refractivity contribution >= 4 is 43.6 Å². The average Bonchev–Trinajstić information content (AvgIpc) is 3.76. The summed E-state index contributed by atoms with van der Waals surface area (Å²) in [5.74, 6) is 0.940. The maximum Gasteiger partial charge on any atom is 0.149 e. The Labute approximate surface area is 259 Å². The normalized spacial score (nSPS) is 12.4. The lowest BCUT2D eigenvalue weighted by molar-refractivity contribution is 1.00. The van der Waals surface area contributed by atoms with Crippen molar-refractivity contribution in [1.82, 2.24) is 19.1 Å². The number of rotatable bonds is 3. The van der Waals surface area contributed by atoms with Crippen molar-refractivity contribution in [3.63, 3.8) is 0 Å². The monoisotopic (exact) mass is 574 g/mol. The van der Waals surface area contributed by atoms with E-state index in [0.29, 0.717) is 0 Å². The van der Waals surface area contributed by atoms with Gasteiger partial charge in [-0.15, -0.1) is 0 Å². The van der Waals surface area contributed by atoms with Gasteiger partial charge in [-0.3, -0.25) is 4.57 Å². The van der Waals surface area contributed by atoms with Gasteiger partial charge >= 0.3 is 0 Å². The highest BCUT2D eigenvalue weighted by atomic mass is 15.1. The summed E-state index contributed by atoms with van der Waals surface area (Å²) < 4.78 is 4.71. The topological polar surface area (TPSA) is 35.6 Å². The Hall–Kier alpha value is -6.00. The van der Waals surface area contributed by atoms with E-state index in [2.05, 4.69) is 149 Å².